The van der Waals surface area contributed by atoms with E-state index >= 15 is 0 Å². The Morgan fingerprint density at radius 1 is 1.29 bits per heavy atom. The summed E-state index contributed by atoms with van der Waals surface area (Å²) in [5.41, 5.74) is 1.92. The SMILES string of the molecule is O=C(NCc1cccc(C#CCO)c1)C1C2CCCCC21. The molecule has 0 heterocycles. The van der Waals surface area contributed by atoms with Crippen molar-refractivity contribution in [1.29, 1.82) is 0 Å². The summed E-state index contributed by atoms with van der Waals surface area (Å²) in [6, 6.07) is 7.79. The fraction of sp³-hybridized carbons (Fsp3) is 0.500. The summed E-state index contributed by atoms with van der Waals surface area (Å²) < 4.78 is 0. The van der Waals surface area contributed by atoms with E-state index in [0.29, 0.717) is 18.4 Å². The van der Waals surface area contributed by atoms with Gasteiger partial charge in [-0.3, -0.25) is 4.79 Å². The van der Waals surface area contributed by atoms with Crippen molar-refractivity contribution in [2.75, 3.05) is 6.61 Å². The second kappa shape index (κ2) is 6.32. The van der Waals surface area contributed by atoms with Crippen molar-refractivity contribution < 1.29 is 9.90 Å². The number of amides is 1. The number of hydrogen-bond donors (Lipinski definition) is 2. The predicted molar refractivity (Wildman–Crippen MR) is 81.2 cm³/mol. The fourth-order valence-electron chi connectivity index (χ4n) is 3.59. The predicted octanol–water partition coefficient (Wildman–Crippen LogP) is 2.08. The van der Waals surface area contributed by atoms with Crippen molar-refractivity contribution in [3.8, 4) is 11.8 Å². The lowest BCUT2D eigenvalue weighted by atomic mass is 10.0. The zero-order valence-electron chi connectivity index (χ0n) is 12.1. The van der Waals surface area contributed by atoms with Crippen LogP contribution in [0.3, 0.4) is 0 Å². The number of benzene rings is 1. The number of nitrogens with one attached hydrogen (secondary N) is 1. The molecule has 2 saturated carbocycles. The quantitative estimate of drug-likeness (QED) is 0.835. The molecule has 1 aromatic rings. The molecule has 2 atom stereocenters. The zero-order valence-corrected chi connectivity index (χ0v) is 12.1. The topological polar surface area (TPSA) is 49.3 Å². The number of fused-ring (bicyclic) bond motifs is 1. The third kappa shape index (κ3) is 3.28. The summed E-state index contributed by atoms with van der Waals surface area (Å²) in [7, 11) is 0. The van der Waals surface area contributed by atoms with E-state index in [1.54, 1.807) is 0 Å². The first-order valence-corrected chi connectivity index (χ1v) is 7.76. The molecule has 1 amide bonds. The highest BCUT2D eigenvalue weighted by Gasteiger charge is 2.54. The maximum atomic E-state index is 12.2. The normalized spacial score (nSPS) is 26.2. The van der Waals surface area contributed by atoms with Crippen LogP contribution in [-0.4, -0.2) is 17.6 Å². The maximum absolute atomic E-state index is 12.2. The van der Waals surface area contributed by atoms with Gasteiger partial charge >= 0.3 is 0 Å². The highest BCUT2D eigenvalue weighted by atomic mass is 16.2. The highest BCUT2D eigenvalue weighted by Crippen LogP contribution is 2.55. The largest absolute Gasteiger partial charge is 0.384 e. The first kappa shape index (κ1) is 14.2. The molecule has 0 radical (unpaired) electrons. The van der Waals surface area contributed by atoms with E-state index in [2.05, 4.69) is 17.2 Å². The van der Waals surface area contributed by atoms with Gasteiger partial charge in [-0.25, -0.2) is 0 Å². The molecule has 1 aromatic carbocycles. The smallest absolute Gasteiger partial charge is 0.223 e. The van der Waals surface area contributed by atoms with E-state index < -0.39 is 0 Å². The standard InChI is InChI=1S/C18H21NO2/c20-10-4-7-13-5-3-6-14(11-13)12-19-18(21)17-15-8-1-2-9-16(15)17/h3,5-6,11,15-17,20H,1-2,8-10,12H2,(H,19,21). The Bertz CT molecular complexity index is 572. The van der Waals surface area contributed by atoms with E-state index in [0.717, 1.165) is 11.1 Å². The van der Waals surface area contributed by atoms with Gasteiger partial charge in [0, 0.05) is 18.0 Å². The van der Waals surface area contributed by atoms with Crippen LogP contribution in [0.5, 0.6) is 0 Å². The van der Waals surface area contributed by atoms with Gasteiger partial charge in [0.05, 0.1) is 0 Å². The molecule has 0 saturated heterocycles. The molecule has 2 unspecified atom stereocenters. The first-order chi connectivity index (χ1) is 10.3. The Balaban J connectivity index is 1.54. The Labute approximate surface area is 125 Å². The molecule has 0 aromatic heterocycles. The van der Waals surface area contributed by atoms with E-state index in [4.69, 9.17) is 5.11 Å². The van der Waals surface area contributed by atoms with E-state index in [-0.39, 0.29) is 18.4 Å². The first-order valence-electron chi connectivity index (χ1n) is 7.76. The van der Waals surface area contributed by atoms with E-state index in [1.807, 2.05) is 24.3 Å². The third-order valence-electron chi connectivity index (χ3n) is 4.66. The lowest BCUT2D eigenvalue weighted by Gasteiger charge is -2.05. The van der Waals surface area contributed by atoms with Gasteiger partial charge in [-0.2, -0.15) is 0 Å². The number of aliphatic hydroxyl groups excluding tert-OH is 1. The van der Waals surface area contributed by atoms with Gasteiger partial charge in [0.1, 0.15) is 6.61 Å². The molecule has 2 aliphatic rings. The molecule has 0 spiro atoms. The van der Waals surface area contributed by atoms with Gasteiger partial charge in [-0.15, -0.1) is 0 Å². The molecular weight excluding hydrogens is 262 g/mol. The number of aliphatic hydroxyl groups is 1. The average Bonchev–Trinajstić information content (AvgIpc) is 3.25. The zero-order chi connectivity index (χ0) is 14.7. The molecule has 21 heavy (non-hydrogen) atoms. The minimum absolute atomic E-state index is 0.134. The van der Waals surface area contributed by atoms with E-state index in [1.165, 1.54) is 25.7 Å². The van der Waals surface area contributed by atoms with Crippen molar-refractivity contribution in [2.24, 2.45) is 17.8 Å². The lowest BCUT2D eigenvalue weighted by molar-refractivity contribution is -0.123. The molecule has 3 nitrogen and oxygen atoms in total. The molecule has 2 aliphatic carbocycles. The second-order valence-electron chi connectivity index (χ2n) is 6.02. The summed E-state index contributed by atoms with van der Waals surface area (Å²) in [6.45, 7) is 0.425. The fourth-order valence-corrected chi connectivity index (χ4v) is 3.59. The van der Waals surface area contributed by atoms with Crippen molar-refractivity contribution in [3.05, 3.63) is 35.4 Å². The number of hydrogen-bond acceptors (Lipinski definition) is 2. The van der Waals surface area contributed by atoms with Crippen LogP contribution in [0.2, 0.25) is 0 Å². The van der Waals surface area contributed by atoms with Gasteiger partial charge in [0.25, 0.3) is 0 Å². The van der Waals surface area contributed by atoms with Gasteiger partial charge in [-0.1, -0.05) is 36.8 Å². The Hall–Kier alpha value is -1.79. The van der Waals surface area contributed by atoms with Crippen LogP contribution < -0.4 is 5.32 Å². The summed E-state index contributed by atoms with van der Waals surface area (Å²) in [6.07, 6.45) is 5.04. The van der Waals surface area contributed by atoms with Crippen LogP contribution in [0.4, 0.5) is 0 Å². The molecule has 2 N–H and O–H groups in total. The molecule has 0 bridgehead atoms. The van der Waals surface area contributed by atoms with Crippen molar-refractivity contribution in [1.82, 2.24) is 5.32 Å². The molecule has 2 fully saturated rings. The van der Waals surface area contributed by atoms with Crippen LogP contribution in [-0.2, 0) is 11.3 Å². The minimum Gasteiger partial charge on any atom is -0.384 e. The van der Waals surface area contributed by atoms with Crippen molar-refractivity contribution in [3.63, 3.8) is 0 Å². The Morgan fingerprint density at radius 2 is 2.05 bits per heavy atom. The number of carbonyl (C=O) groups excluding carboxylic acids is 1. The molecule has 110 valence electrons. The van der Waals surface area contributed by atoms with Crippen LogP contribution >= 0.6 is 0 Å². The molecule has 3 heteroatoms. The third-order valence-corrected chi connectivity index (χ3v) is 4.66. The molecule has 3 rings (SSSR count). The summed E-state index contributed by atoms with van der Waals surface area (Å²) >= 11 is 0. The number of rotatable bonds is 3. The van der Waals surface area contributed by atoms with Gasteiger partial charge < -0.3 is 10.4 Å². The highest BCUT2D eigenvalue weighted by molar-refractivity contribution is 5.82. The summed E-state index contributed by atoms with van der Waals surface area (Å²) in [5, 5.41) is 11.8. The summed E-state index contributed by atoms with van der Waals surface area (Å²) in [4.78, 5) is 12.2. The monoisotopic (exact) mass is 283 g/mol. The van der Waals surface area contributed by atoms with Gasteiger partial charge in [0.15, 0.2) is 0 Å². The van der Waals surface area contributed by atoms with Gasteiger partial charge in [0.2, 0.25) is 5.91 Å². The average molecular weight is 283 g/mol. The molecular formula is C18H21NO2. The molecule has 0 aliphatic heterocycles. The van der Waals surface area contributed by atoms with Crippen LogP contribution in [0.25, 0.3) is 0 Å². The van der Waals surface area contributed by atoms with Crippen LogP contribution in [0.15, 0.2) is 24.3 Å². The van der Waals surface area contributed by atoms with Crippen molar-refractivity contribution >= 4 is 5.91 Å². The Morgan fingerprint density at radius 3 is 2.76 bits per heavy atom. The Kier molecular flexibility index (Phi) is 4.26. The van der Waals surface area contributed by atoms with Gasteiger partial charge in [-0.05, 0) is 42.4 Å². The van der Waals surface area contributed by atoms with Crippen LogP contribution in [0.1, 0.15) is 36.8 Å². The summed E-state index contributed by atoms with van der Waals surface area (Å²) in [5.74, 6) is 7.32. The maximum Gasteiger partial charge on any atom is 0.223 e. The van der Waals surface area contributed by atoms with E-state index in [9.17, 15) is 4.79 Å². The minimum atomic E-state index is -0.134. The van der Waals surface area contributed by atoms with Crippen LogP contribution in [0, 0.1) is 29.6 Å². The van der Waals surface area contributed by atoms with Crippen molar-refractivity contribution in [2.45, 2.75) is 32.2 Å². The second-order valence-corrected chi connectivity index (χ2v) is 6.02. The lowest BCUT2D eigenvalue weighted by Crippen LogP contribution is -2.25. The number of carbonyl (C=O) groups is 1.